The van der Waals surface area contributed by atoms with Crippen LogP contribution in [0.5, 0.6) is 5.75 Å². The Bertz CT molecular complexity index is 794. The summed E-state index contributed by atoms with van der Waals surface area (Å²) in [7, 11) is 1.68. The topological polar surface area (TPSA) is 49.9 Å². The molecule has 2 aromatic carbocycles. The molecule has 21 heavy (non-hydrogen) atoms. The van der Waals surface area contributed by atoms with Gasteiger partial charge in [0.15, 0.2) is 0 Å². The second-order valence-electron chi connectivity index (χ2n) is 5.39. The number of imidazole rings is 1. The Hall–Kier alpha value is -2.33. The first-order valence-corrected chi connectivity index (χ1v) is 7.17. The third kappa shape index (κ3) is 2.08. The second-order valence-corrected chi connectivity index (χ2v) is 5.39. The highest BCUT2D eigenvalue weighted by molar-refractivity contribution is 5.77. The van der Waals surface area contributed by atoms with Crippen molar-refractivity contribution < 1.29 is 4.74 Å². The van der Waals surface area contributed by atoms with E-state index < -0.39 is 0 Å². The molecule has 1 unspecified atom stereocenters. The van der Waals surface area contributed by atoms with Crippen LogP contribution in [0.3, 0.4) is 0 Å². The molecule has 0 bridgehead atoms. The molecule has 0 fully saturated rings. The smallest absolute Gasteiger partial charge is 0.121 e. The van der Waals surface area contributed by atoms with Gasteiger partial charge in [-0.15, -0.1) is 0 Å². The number of methoxy groups -OCH3 is 1. The number of nitrogens with zero attached hydrogens (tertiary/aromatic N) is 1. The lowest BCUT2D eigenvalue weighted by molar-refractivity contribution is 0.415. The van der Waals surface area contributed by atoms with Crippen LogP contribution in [0.15, 0.2) is 42.5 Å². The molecule has 0 saturated carbocycles. The van der Waals surface area contributed by atoms with Crippen LogP contribution in [-0.4, -0.2) is 23.6 Å². The van der Waals surface area contributed by atoms with Crippen molar-refractivity contribution in [2.75, 3.05) is 13.7 Å². The molecule has 1 aliphatic heterocycles. The monoisotopic (exact) mass is 279 g/mol. The van der Waals surface area contributed by atoms with Crippen molar-refractivity contribution in [2.24, 2.45) is 0 Å². The maximum Gasteiger partial charge on any atom is 0.121 e. The standard InChI is InChI=1S/C17H17N3O/c1-21-12-6-7-15-16(8-12)20-17(19-15)14-10-18-9-11-4-2-3-5-13(11)14/h2-8,14,18H,9-10H2,1H3,(H,19,20). The van der Waals surface area contributed by atoms with E-state index in [2.05, 4.69) is 34.6 Å². The predicted octanol–water partition coefficient (Wildman–Crippen LogP) is 2.81. The average Bonchev–Trinajstić information content (AvgIpc) is 2.97. The van der Waals surface area contributed by atoms with E-state index >= 15 is 0 Å². The van der Waals surface area contributed by atoms with Gasteiger partial charge >= 0.3 is 0 Å². The number of aromatic amines is 1. The van der Waals surface area contributed by atoms with Gasteiger partial charge in [-0.2, -0.15) is 0 Å². The van der Waals surface area contributed by atoms with Crippen LogP contribution < -0.4 is 10.1 Å². The van der Waals surface area contributed by atoms with E-state index in [0.29, 0.717) is 0 Å². The molecular formula is C17H17N3O. The number of fused-ring (bicyclic) bond motifs is 2. The highest BCUT2D eigenvalue weighted by Crippen LogP contribution is 2.30. The van der Waals surface area contributed by atoms with Gasteiger partial charge in [0.2, 0.25) is 0 Å². The zero-order valence-corrected chi connectivity index (χ0v) is 11.9. The summed E-state index contributed by atoms with van der Waals surface area (Å²) in [4.78, 5) is 8.21. The van der Waals surface area contributed by atoms with E-state index in [4.69, 9.17) is 9.72 Å². The molecule has 3 aromatic rings. The molecule has 1 aromatic heterocycles. The first-order valence-electron chi connectivity index (χ1n) is 7.17. The van der Waals surface area contributed by atoms with Crippen molar-refractivity contribution in [3.8, 4) is 5.75 Å². The minimum absolute atomic E-state index is 0.272. The fourth-order valence-electron chi connectivity index (χ4n) is 3.04. The molecular weight excluding hydrogens is 262 g/mol. The number of H-pyrrole nitrogens is 1. The van der Waals surface area contributed by atoms with Gasteiger partial charge < -0.3 is 15.0 Å². The Morgan fingerprint density at radius 1 is 1.19 bits per heavy atom. The fraction of sp³-hybridized carbons (Fsp3) is 0.235. The molecule has 0 radical (unpaired) electrons. The number of benzene rings is 2. The Morgan fingerprint density at radius 2 is 2.10 bits per heavy atom. The van der Waals surface area contributed by atoms with E-state index in [9.17, 15) is 0 Å². The zero-order chi connectivity index (χ0) is 14.2. The van der Waals surface area contributed by atoms with E-state index in [1.54, 1.807) is 7.11 Å². The summed E-state index contributed by atoms with van der Waals surface area (Å²) in [5, 5.41) is 3.47. The molecule has 0 aliphatic carbocycles. The lowest BCUT2D eigenvalue weighted by Crippen LogP contribution is -2.29. The molecule has 4 heteroatoms. The number of hydrogen-bond acceptors (Lipinski definition) is 3. The predicted molar refractivity (Wildman–Crippen MR) is 82.6 cm³/mol. The average molecular weight is 279 g/mol. The summed E-state index contributed by atoms with van der Waals surface area (Å²) in [5.74, 6) is 2.13. The quantitative estimate of drug-likeness (QED) is 0.758. The van der Waals surface area contributed by atoms with E-state index in [-0.39, 0.29) is 5.92 Å². The van der Waals surface area contributed by atoms with Crippen molar-refractivity contribution in [1.82, 2.24) is 15.3 Å². The normalized spacial score (nSPS) is 17.7. The SMILES string of the molecule is COc1ccc2nc(C3CNCc4ccccc43)[nH]c2c1. The van der Waals surface area contributed by atoms with Crippen molar-refractivity contribution >= 4 is 11.0 Å². The van der Waals surface area contributed by atoms with Gasteiger partial charge in [-0.3, -0.25) is 0 Å². The van der Waals surface area contributed by atoms with Crippen LogP contribution in [0.2, 0.25) is 0 Å². The molecule has 0 amide bonds. The van der Waals surface area contributed by atoms with E-state index in [1.807, 2.05) is 18.2 Å². The molecule has 1 atom stereocenters. The maximum atomic E-state index is 5.27. The summed E-state index contributed by atoms with van der Waals surface area (Å²) in [6.45, 7) is 1.84. The first-order chi connectivity index (χ1) is 10.3. The third-order valence-electron chi connectivity index (χ3n) is 4.13. The number of nitrogens with one attached hydrogen (secondary N) is 2. The summed E-state index contributed by atoms with van der Waals surface area (Å²) in [6.07, 6.45) is 0. The summed E-state index contributed by atoms with van der Waals surface area (Å²) in [5.41, 5.74) is 4.72. The van der Waals surface area contributed by atoms with Crippen molar-refractivity contribution in [2.45, 2.75) is 12.5 Å². The van der Waals surface area contributed by atoms with Gasteiger partial charge in [-0.1, -0.05) is 24.3 Å². The Morgan fingerprint density at radius 3 is 3.00 bits per heavy atom. The van der Waals surface area contributed by atoms with Gasteiger partial charge in [-0.05, 0) is 23.3 Å². The largest absolute Gasteiger partial charge is 0.497 e. The molecule has 1 aliphatic rings. The van der Waals surface area contributed by atoms with Gasteiger partial charge in [0.25, 0.3) is 0 Å². The summed E-state index contributed by atoms with van der Waals surface area (Å²) in [6, 6.07) is 14.5. The minimum Gasteiger partial charge on any atom is -0.497 e. The molecule has 4 rings (SSSR count). The molecule has 106 valence electrons. The molecule has 2 N–H and O–H groups in total. The fourth-order valence-corrected chi connectivity index (χ4v) is 3.04. The van der Waals surface area contributed by atoms with Crippen LogP contribution in [0, 0.1) is 0 Å². The van der Waals surface area contributed by atoms with Gasteiger partial charge in [0.1, 0.15) is 11.6 Å². The highest BCUT2D eigenvalue weighted by atomic mass is 16.5. The van der Waals surface area contributed by atoms with Crippen LogP contribution in [0.25, 0.3) is 11.0 Å². The first kappa shape index (κ1) is 12.4. The molecule has 2 heterocycles. The van der Waals surface area contributed by atoms with Gasteiger partial charge in [0.05, 0.1) is 24.1 Å². The third-order valence-corrected chi connectivity index (χ3v) is 4.13. The van der Waals surface area contributed by atoms with Crippen LogP contribution in [0.1, 0.15) is 22.9 Å². The maximum absolute atomic E-state index is 5.27. The van der Waals surface area contributed by atoms with Crippen LogP contribution in [0.4, 0.5) is 0 Å². The zero-order valence-electron chi connectivity index (χ0n) is 11.9. The number of ether oxygens (including phenoxy) is 1. The number of rotatable bonds is 2. The van der Waals surface area contributed by atoms with Gasteiger partial charge in [-0.25, -0.2) is 4.98 Å². The van der Waals surface area contributed by atoms with Gasteiger partial charge in [0, 0.05) is 19.2 Å². The Balaban J connectivity index is 1.80. The number of hydrogen-bond donors (Lipinski definition) is 2. The summed E-state index contributed by atoms with van der Waals surface area (Å²) >= 11 is 0. The Kier molecular flexibility index (Phi) is 2.89. The highest BCUT2D eigenvalue weighted by Gasteiger charge is 2.23. The van der Waals surface area contributed by atoms with Crippen molar-refractivity contribution in [1.29, 1.82) is 0 Å². The lowest BCUT2D eigenvalue weighted by Gasteiger charge is -2.24. The van der Waals surface area contributed by atoms with E-state index in [0.717, 1.165) is 35.7 Å². The molecule has 0 saturated heterocycles. The lowest BCUT2D eigenvalue weighted by atomic mass is 9.90. The van der Waals surface area contributed by atoms with Crippen LogP contribution in [-0.2, 0) is 6.54 Å². The van der Waals surface area contributed by atoms with Crippen LogP contribution >= 0.6 is 0 Å². The Labute approximate surface area is 123 Å². The summed E-state index contributed by atoms with van der Waals surface area (Å²) < 4.78 is 5.27. The molecule has 4 nitrogen and oxygen atoms in total. The van der Waals surface area contributed by atoms with E-state index in [1.165, 1.54) is 11.1 Å². The second kappa shape index (κ2) is 4.90. The molecule has 0 spiro atoms. The number of aromatic nitrogens is 2. The minimum atomic E-state index is 0.272. The van der Waals surface area contributed by atoms with Crippen molar-refractivity contribution in [3.05, 3.63) is 59.4 Å². The van der Waals surface area contributed by atoms with Crippen molar-refractivity contribution in [3.63, 3.8) is 0 Å².